The molecule has 0 spiro atoms. The highest BCUT2D eigenvalue weighted by Gasteiger charge is 2.51. The van der Waals surface area contributed by atoms with Crippen LogP contribution in [0.5, 0.6) is 0 Å². The van der Waals surface area contributed by atoms with Gasteiger partial charge in [-0.25, -0.2) is 4.98 Å². The van der Waals surface area contributed by atoms with Crippen LogP contribution in [0.2, 0.25) is 5.02 Å². The molecule has 4 rings (SSSR count). The summed E-state index contributed by atoms with van der Waals surface area (Å²) in [5.41, 5.74) is 1.48. The van der Waals surface area contributed by atoms with Crippen molar-refractivity contribution in [3.8, 4) is 0 Å². The molecule has 112 valence electrons. The summed E-state index contributed by atoms with van der Waals surface area (Å²) in [5.74, 6) is 0.0612. The zero-order chi connectivity index (χ0) is 15.2. The molecule has 1 fully saturated rings. The van der Waals surface area contributed by atoms with Crippen LogP contribution in [0.4, 0.5) is 0 Å². The van der Waals surface area contributed by atoms with Crippen molar-refractivity contribution in [2.75, 3.05) is 0 Å². The molecule has 2 aromatic heterocycles. The predicted octanol–water partition coefficient (Wildman–Crippen LogP) is 3.40. The first kappa shape index (κ1) is 13.8. The van der Waals surface area contributed by atoms with Gasteiger partial charge in [-0.2, -0.15) is 0 Å². The average Bonchev–Trinajstić information content (AvgIpc) is 3.06. The second-order valence-corrected chi connectivity index (χ2v) is 6.91. The van der Waals surface area contributed by atoms with Crippen molar-refractivity contribution < 1.29 is 4.79 Å². The van der Waals surface area contributed by atoms with E-state index in [1.54, 1.807) is 11.3 Å². The highest BCUT2D eigenvalue weighted by atomic mass is 35.5. The van der Waals surface area contributed by atoms with Crippen molar-refractivity contribution in [2.24, 2.45) is 0 Å². The lowest BCUT2D eigenvalue weighted by molar-refractivity contribution is -0.123. The van der Waals surface area contributed by atoms with Crippen molar-refractivity contribution in [3.05, 3.63) is 58.3 Å². The normalized spacial score (nSPS) is 15.9. The van der Waals surface area contributed by atoms with E-state index >= 15 is 0 Å². The van der Waals surface area contributed by atoms with Gasteiger partial charge in [0.15, 0.2) is 4.96 Å². The number of nitrogens with one attached hydrogen (secondary N) is 1. The Kier molecular flexibility index (Phi) is 3.20. The van der Waals surface area contributed by atoms with Gasteiger partial charge in [0.25, 0.3) is 0 Å². The van der Waals surface area contributed by atoms with Crippen LogP contribution in [0.3, 0.4) is 0 Å². The first-order valence-corrected chi connectivity index (χ1v) is 8.39. The van der Waals surface area contributed by atoms with Gasteiger partial charge in [0.05, 0.1) is 17.7 Å². The van der Waals surface area contributed by atoms with Crippen molar-refractivity contribution in [3.63, 3.8) is 0 Å². The van der Waals surface area contributed by atoms with E-state index in [0.29, 0.717) is 11.6 Å². The smallest absolute Gasteiger partial charge is 0.230 e. The largest absolute Gasteiger partial charge is 0.350 e. The van der Waals surface area contributed by atoms with Gasteiger partial charge in [-0.1, -0.05) is 23.7 Å². The molecular formula is C16H14ClN3OS. The SMILES string of the molecule is O=C(NCc1cn2ccsc2n1)C1(c2cccc(Cl)c2)CC1. The van der Waals surface area contributed by atoms with E-state index in [0.717, 1.165) is 29.1 Å². The molecule has 0 atom stereocenters. The number of fused-ring (bicyclic) bond motifs is 1. The predicted molar refractivity (Wildman–Crippen MR) is 87.3 cm³/mol. The second-order valence-electron chi connectivity index (χ2n) is 5.60. The third-order valence-electron chi connectivity index (χ3n) is 4.14. The van der Waals surface area contributed by atoms with Gasteiger partial charge in [0.1, 0.15) is 0 Å². The van der Waals surface area contributed by atoms with Crippen LogP contribution in [0.1, 0.15) is 24.1 Å². The standard InChI is InChI=1S/C16H14ClN3OS/c17-12-3-1-2-11(8-12)16(4-5-16)14(21)18-9-13-10-20-6-7-22-15(20)19-13/h1-3,6-8,10H,4-5,9H2,(H,18,21). The Labute approximate surface area is 136 Å². The van der Waals surface area contributed by atoms with E-state index in [2.05, 4.69) is 10.3 Å². The van der Waals surface area contributed by atoms with Gasteiger partial charge in [-0.05, 0) is 30.5 Å². The molecule has 3 aromatic rings. The van der Waals surface area contributed by atoms with Crippen molar-refractivity contribution in [1.82, 2.24) is 14.7 Å². The second kappa shape index (κ2) is 5.11. The van der Waals surface area contributed by atoms with Crippen molar-refractivity contribution in [1.29, 1.82) is 0 Å². The molecule has 6 heteroatoms. The van der Waals surface area contributed by atoms with E-state index in [1.807, 2.05) is 46.4 Å². The number of carbonyl (C=O) groups is 1. The molecule has 1 N–H and O–H groups in total. The first-order valence-electron chi connectivity index (χ1n) is 7.13. The summed E-state index contributed by atoms with van der Waals surface area (Å²) in [6, 6.07) is 7.59. The lowest BCUT2D eigenvalue weighted by Crippen LogP contribution is -2.34. The molecule has 0 bridgehead atoms. The van der Waals surface area contributed by atoms with E-state index < -0.39 is 5.41 Å². The molecule has 1 amide bonds. The summed E-state index contributed by atoms with van der Waals surface area (Å²) >= 11 is 7.63. The highest BCUT2D eigenvalue weighted by Crippen LogP contribution is 2.48. The summed E-state index contributed by atoms with van der Waals surface area (Å²) in [6.07, 6.45) is 5.66. The van der Waals surface area contributed by atoms with Gasteiger partial charge in [-0.3, -0.25) is 9.20 Å². The molecule has 0 radical (unpaired) electrons. The molecule has 1 aliphatic carbocycles. The Hall–Kier alpha value is -1.85. The van der Waals surface area contributed by atoms with Gasteiger partial charge < -0.3 is 5.32 Å². The maximum Gasteiger partial charge on any atom is 0.230 e. The maximum absolute atomic E-state index is 12.6. The first-order chi connectivity index (χ1) is 10.7. The van der Waals surface area contributed by atoms with Crippen LogP contribution in [0, 0.1) is 0 Å². The Morgan fingerprint density at radius 1 is 1.45 bits per heavy atom. The molecule has 1 aliphatic rings. The minimum Gasteiger partial charge on any atom is -0.350 e. The molecule has 4 nitrogen and oxygen atoms in total. The summed E-state index contributed by atoms with van der Waals surface area (Å²) < 4.78 is 1.97. The van der Waals surface area contributed by atoms with Crippen molar-refractivity contribution >= 4 is 33.8 Å². The van der Waals surface area contributed by atoms with Gasteiger partial charge in [0, 0.05) is 22.8 Å². The number of thiazole rings is 1. The fourth-order valence-corrected chi connectivity index (χ4v) is 3.67. The van der Waals surface area contributed by atoms with E-state index in [9.17, 15) is 4.79 Å². The molecule has 1 saturated carbocycles. The van der Waals surface area contributed by atoms with E-state index in [-0.39, 0.29) is 5.91 Å². The minimum absolute atomic E-state index is 0.0612. The third kappa shape index (κ3) is 2.30. The summed E-state index contributed by atoms with van der Waals surface area (Å²) in [6.45, 7) is 0.454. The zero-order valence-electron chi connectivity index (χ0n) is 11.8. The van der Waals surface area contributed by atoms with Crippen LogP contribution in [-0.4, -0.2) is 15.3 Å². The average molecular weight is 332 g/mol. The quantitative estimate of drug-likeness (QED) is 0.796. The Balaban J connectivity index is 1.49. The monoisotopic (exact) mass is 331 g/mol. The number of hydrogen-bond acceptors (Lipinski definition) is 3. The number of imidazole rings is 1. The number of aromatic nitrogens is 2. The van der Waals surface area contributed by atoms with Gasteiger partial charge in [0.2, 0.25) is 5.91 Å². The molecule has 0 unspecified atom stereocenters. The number of halogens is 1. The Morgan fingerprint density at radius 3 is 3.05 bits per heavy atom. The number of hydrogen-bond donors (Lipinski definition) is 1. The van der Waals surface area contributed by atoms with Crippen molar-refractivity contribution in [2.45, 2.75) is 24.8 Å². The number of carbonyl (C=O) groups excluding carboxylic acids is 1. The summed E-state index contributed by atoms with van der Waals surface area (Å²) in [7, 11) is 0. The Morgan fingerprint density at radius 2 is 2.32 bits per heavy atom. The maximum atomic E-state index is 12.6. The number of amides is 1. The van der Waals surface area contributed by atoms with Crippen LogP contribution < -0.4 is 5.32 Å². The number of nitrogens with zero attached hydrogens (tertiary/aromatic N) is 2. The molecule has 0 aliphatic heterocycles. The Bertz CT molecular complexity index is 821. The lowest BCUT2D eigenvalue weighted by atomic mass is 9.95. The van der Waals surface area contributed by atoms with Crippen LogP contribution >= 0.6 is 22.9 Å². The molecular weight excluding hydrogens is 318 g/mol. The van der Waals surface area contributed by atoms with E-state index in [4.69, 9.17) is 11.6 Å². The minimum atomic E-state index is -0.401. The summed E-state index contributed by atoms with van der Waals surface area (Å²) in [5, 5.41) is 5.68. The molecule has 2 heterocycles. The lowest BCUT2D eigenvalue weighted by Gasteiger charge is -2.15. The van der Waals surface area contributed by atoms with Gasteiger partial charge in [-0.15, -0.1) is 11.3 Å². The van der Waals surface area contributed by atoms with Crippen LogP contribution in [-0.2, 0) is 16.8 Å². The molecule has 22 heavy (non-hydrogen) atoms. The fraction of sp³-hybridized carbons (Fsp3) is 0.250. The molecule has 1 aromatic carbocycles. The topological polar surface area (TPSA) is 46.4 Å². The summed E-state index contributed by atoms with van der Waals surface area (Å²) in [4.78, 5) is 18.0. The van der Waals surface area contributed by atoms with Crippen LogP contribution in [0.15, 0.2) is 42.0 Å². The number of rotatable bonds is 4. The van der Waals surface area contributed by atoms with Gasteiger partial charge >= 0.3 is 0 Å². The van der Waals surface area contributed by atoms with E-state index in [1.165, 1.54) is 0 Å². The number of benzene rings is 1. The third-order valence-corrected chi connectivity index (χ3v) is 5.14. The zero-order valence-corrected chi connectivity index (χ0v) is 13.3. The molecule has 0 saturated heterocycles. The highest BCUT2D eigenvalue weighted by molar-refractivity contribution is 7.15. The fourth-order valence-electron chi connectivity index (χ4n) is 2.76. The van der Waals surface area contributed by atoms with Crippen LogP contribution in [0.25, 0.3) is 4.96 Å².